The lowest BCUT2D eigenvalue weighted by Gasteiger charge is -2.16. The number of amides is 1. The molecule has 1 atom stereocenters. The van der Waals surface area contributed by atoms with Gasteiger partial charge in [0.15, 0.2) is 6.61 Å². The first kappa shape index (κ1) is 17.7. The molecule has 0 radical (unpaired) electrons. The number of benzene rings is 1. The summed E-state index contributed by atoms with van der Waals surface area (Å²) in [4.78, 5) is 23.4. The lowest BCUT2D eigenvalue weighted by Crippen LogP contribution is -2.43. The van der Waals surface area contributed by atoms with Crippen LogP contribution >= 0.6 is 23.4 Å². The molecule has 0 fully saturated rings. The number of hydrogen-bond acceptors (Lipinski definition) is 5. The average molecular weight is 332 g/mol. The number of carbonyl (C=O) groups excluding carboxylic acids is 2. The van der Waals surface area contributed by atoms with Gasteiger partial charge in [-0.05, 0) is 30.6 Å². The first-order valence-corrected chi connectivity index (χ1v) is 8.09. The zero-order chi connectivity index (χ0) is 15.7. The molecular weight excluding hydrogens is 314 g/mol. The summed E-state index contributed by atoms with van der Waals surface area (Å²) in [5, 5.41) is 3.03. The van der Waals surface area contributed by atoms with Crippen LogP contribution in [0.3, 0.4) is 0 Å². The average Bonchev–Trinajstić information content (AvgIpc) is 2.49. The Morgan fingerprint density at radius 3 is 2.71 bits per heavy atom. The second-order valence-electron chi connectivity index (χ2n) is 4.14. The fourth-order valence-electron chi connectivity index (χ4n) is 1.57. The second kappa shape index (κ2) is 9.52. The monoisotopic (exact) mass is 331 g/mol. The van der Waals surface area contributed by atoms with E-state index in [2.05, 4.69) is 10.1 Å². The largest absolute Gasteiger partial charge is 0.482 e. The molecule has 7 heteroatoms. The summed E-state index contributed by atoms with van der Waals surface area (Å²) in [5.74, 6) is 0.306. The van der Waals surface area contributed by atoms with E-state index in [0.717, 1.165) is 5.75 Å². The summed E-state index contributed by atoms with van der Waals surface area (Å²) >= 11 is 7.51. The summed E-state index contributed by atoms with van der Waals surface area (Å²) in [5.41, 5.74) is 0. The number of ether oxygens (including phenoxy) is 2. The van der Waals surface area contributed by atoms with Gasteiger partial charge in [0.25, 0.3) is 5.91 Å². The molecule has 1 N–H and O–H groups in total. The van der Waals surface area contributed by atoms with Gasteiger partial charge in [0.2, 0.25) is 0 Å². The highest BCUT2D eigenvalue weighted by Crippen LogP contribution is 2.22. The van der Waals surface area contributed by atoms with Crippen molar-refractivity contribution in [2.24, 2.45) is 0 Å². The van der Waals surface area contributed by atoms with Crippen LogP contribution in [-0.4, -0.2) is 43.6 Å². The van der Waals surface area contributed by atoms with E-state index in [-0.39, 0.29) is 6.61 Å². The Morgan fingerprint density at radius 1 is 1.38 bits per heavy atom. The molecule has 0 aliphatic rings. The van der Waals surface area contributed by atoms with E-state index >= 15 is 0 Å². The summed E-state index contributed by atoms with van der Waals surface area (Å²) in [6.07, 6.45) is 2.43. The number of hydrogen-bond donors (Lipinski definition) is 1. The summed E-state index contributed by atoms with van der Waals surface area (Å²) in [6.45, 7) is -0.212. The lowest BCUT2D eigenvalue weighted by atomic mass is 10.2. The van der Waals surface area contributed by atoms with Crippen LogP contribution in [0.2, 0.25) is 5.02 Å². The Balaban J connectivity index is 2.50. The number of nitrogens with one attached hydrogen (secondary N) is 1. The Morgan fingerprint density at radius 2 is 2.10 bits per heavy atom. The van der Waals surface area contributed by atoms with Crippen LogP contribution in [0.5, 0.6) is 5.75 Å². The van der Waals surface area contributed by atoms with Gasteiger partial charge in [-0.1, -0.05) is 23.7 Å². The number of para-hydroxylation sites is 1. The van der Waals surface area contributed by atoms with Crippen molar-refractivity contribution in [2.45, 2.75) is 12.5 Å². The Kier molecular flexibility index (Phi) is 8.00. The molecule has 0 aromatic heterocycles. The zero-order valence-corrected chi connectivity index (χ0v) is 13.5. The molecule has 1 aromatic rings. The molecule has 0 spiro atoms. The van der Waals surface area contributed by atoms with Crippen molar-refractivity contribution in [3.8, 4) is 5.75 Å². The number of methoxy groups -OCH3 is 1. The van der Waals surface area contributed by atoms with E-state index in [9.17, 15) is 9.59 Å². The van der Waals surface area contributed by atoms with Crippen molar-refractivity contribution in [3.63, 3.8) is 0 Å². The van der Waals surface area contributed by atoms with Gasteiger partial charge in [0, 0.05) is 0 Å². The molecule has 1 amide bonds. The molecule has 0 bridgehead atoms. The third-order valence-electron chi connectivity index (χ3n) is 2.63. The van der Waals surface area contributed by atoms with Gasteiger partial charge < -0.3 is 14.8 Å². The number of thioether (sulfide) groups is 1. The minimum Gasteiger partial charge on any atom is -0.482 e. The molecule has 0 aliphatic carbocycles. The van der Waals surface area contributed by atoms with Crippen LogP contribution in [0.1, 0.15) is 6.42 Å². The minimum absolute atomic E-state index is 0.212. The molecular formula is C14H18ClNO4S. The maximum atomic E-state index is 11.8. The van der Waals surface area contributed by atoms with Crippen LogP contribution in [0.4, 0.5) is 0 Å². The van der Waals surface area contributed by atoms with Crippen LogP contribution < -0.4 is 10.1 Å². The molecule has 0 aliphatic heterocycles. The predicted octanol–water partition coefficient (Wildman–Crippen LogP) is 2.13. The van der Waals surface area contributed by atoms with E-state index in [1.807, 2.05) is 6.26 Å². The van der Waals surface area contributed by atoms with Crippen molar-refractivity contribution < 1.29 is 19.1 Å². The van der Waals surface area contributed by atoms with Gasteiger partial charge in [-0.25, -0.2) is 4.79 Å². The van der Waals surface area contributed by atoms with Gasteiger partial charge in [-0.15, -0.1) is 0 Å². The van der Waals surface area contributed by atoms with Crippen molar-refractivity contribution in [1.29, 1.82) is 0 Å². The molecule has 0 unspecified atom stereocenters. The predicted molar refractivity (Wildman–Crippen MR) is 83.9 cm³/mol. The molecule has 0 saturated heterocycles. The first-order valence-electron chi connectivity index (χ1n) is 6.32. The number of carbonyl (C=O) groups is 2. The van der Waals surface area contributed by atoms with Crippen molar-refractivity contribution >= 4 is 35.2 Å². The normalized spacial score (nSPS) is 11.6. The topological polar surface area (TPSA) is 64.6 Å². The standard InChI is InChI=1S/C14H18ClNO4S/c1-19-14(18)11(7-8-21-2)16-13(17)9-20-12-6-4-3-5-10(12)15/h3-6,11H,7-9H2,1-2H3,(H,16,17)/t11-/m1/s1. The van der Waals surface area contributed by atoms with Crippen molar-refractivity contribution in [2.75, 3.05) is 25.7 Å². The Hall–Kier alpha value is -1.40. The quantitative estimate of drug-likeness (QED) is 0.739. The third kappa shape index (κ3) is 6.27. The summed E-state index contributed by atoms with van der Waals surface area (Å²) in [6, 6.07) is 6.20. The second-order valence-corrected chi connectivity index (χ2v) is 5.54. The minimum atomic E-state index is -0.662. The highest BCUT2D eigenvalue weighted by molar-refractivity contribution is 7.98. The van der Waals surface area contributed by atoms with E-state index in [1.54, 1.807) is 36.0 Å². The molecule has 1 aromatic carbocycles. The first-order chi connectivity index (χ1) is 10.1. The molecule has 116 valence electrons. The van der Waals surface area contributed by atoms with Crippen molar-refractivity contribution in [1.82, 2.24) is 5.32 Å². The van der Waals surface area contributed by atoms with Crippen LogP contribution in [0.25, 0.3) is 0 Å². The SMILES string of the molecule is COC(=O)[C@@H](CCSC)NC(=O)COc1ccccc1Cl. The number of esters is 1. The number of rotatable bonds is 8. The van der Waals surface area contributed by atoms with Crippen molar-refractivity contribution in [3.05, 3.63) is 29.3 Å². The molecule has 0 saturated carbocycles. The molecule has 0 heterocycles. The lowest BCUT2D eigenvalue weighted by molar-refractivity contribution is -0.145. The van der Waals surface area contributed by atoms with Crippen LogP contribution in [0.15, 0.2) is 24.3 Å². The molecule has 5 nitrogen and oxygen atoms in total. The highest BCUT2D eigenvalue weighted by atomic mass is 35.5. The van der Waals surface area contributed by atoms with E-state index in [0.29, 0.717) is 17.2 Å². The van der Waals surface area contributed by atoms with E-state index in [4.69, 9.17) is 16.3 Å². The van der Waals surface area contributed by atoms with Crippen LogP contribution in [-0.2, 0) is 14.3 Å². The summed E-state index contributed by atoms with van der Waals surface area (Å²) < 4.78 is 9.98. The van der Waals surface area contributed by atoms with E-state index in [1.165, 1.54) is 7.11 Å². The smallest absolute Gasteiger partial charge is 0.328 e. The maximum Gasteiger partial charge on any atom is 0.328 e. The van der Waals surface area contributed by atoms with Gasteiger partial charge >= 0.3 is 5.97 Å². The third-order valence-corrected chi connectivity index (χ3v) is 3.58. The Bertz CT molecular complexity index is 484. The fraction of sp³-hybridized carbons (Fsp3) is 0.429. The van der Waals surface area contributed by atoms with E-state index < -0.39 is 17.9 Å². The maximum absolute atomic E-state index is 11.8. The van der Waals surface area contributed by atoms with Gasteiger partial charge in [-0.3, -0.25) is 4.79 Å². The summed E-state index contributed by atoms with van der Waals surface area (Å²) in [7, 11) is 1.29. The molecule has 21 heavy (non-hydrogen) atoms. The Labute approximate surface area is 133 Å². The fourth-order valence-corrected chi connectivity index (χ4v) is 2.23. The number of halogens is 1. The molecule has 1 rings (SSSR count). The van der Waals surface area contributed by atoms with Crippen LogP contribution in [0, 0.1) is 0 Å². The zero-order valence-electron chi connectivity index (χ0n) is 11.9. The highest BCUT2D eigenvalue weighted by Gasteiger charge is 2.21. The van der Waals surface area contributed by atoms with Gasteiger partial charge in [0.1, 0.15) is 11.8 Å². The van der Waals surface area contributed by atoms with Gasteiger partial charge in [-0.2, -0.15) is 11.8 Å². The van der Waals surface area contributed by atoms with Gasteiger partial charge in [0.05, 0.1) is 12.1 Å².